The van der Waals surface area contributed by atoms with Crippen molar-refractivity contribution in [2.24, 2.45) is 17.6 Å². The molecule has 0 saturated carbocycles. The van der Waals surface area contributed by atoms with Crippen molar-refractivity contribution in [3.63, 3.8) is 0 Å². The van der Waals surface area contributed by atoms with Gasteiger partial charge in [-0.25, -0.2) is 0 Å². The molecule has 0 saturated heterocycles. The van der Waals surface area contributed by atoms with Crippen LogP contribution in [0.1, 0.15) is 78.6 Å². The molecule has 2 unspecified atom stereocenters. The lowest BCUT2D eigenvalue weighted by Gasteiger charge is -2.10. The van der Waals surface area contributed by atoms with Crippen molar-refractivity contribution in [1.29, 1.82) is 0 Å². The molecule has 1 rings (SSSR count). The van der Waals surface area contributed by atoms with Crippen molar-refractivity contribution in [3.05, 3.63) is 29.8 Å². The standard InChI is InChI=1S/C12H18BNO3.C5H13N.2C2H6/c1-3-9(2)8-14-12(15)10-4-6-11(7-5-10)13(16)17;1-3-5(2)4-6;2*1-2/h4-7,9,16-17H,3,8H2,1-2H3,(H,14,15);5H,3-4,6H2,1-2H3;2*1-2H3. The highest BCUT2D eigenvalue weighted by Crippen LogP contribution is 2.01. The van der Waals surface area contributed by atoms with E-state index in [9.17, 15) is 4.79 Å². The van der Waals surface area contributed by atoms with E-state index in [1.54, 1.807) is 12.1 Å². The molecule has 0 bridgehead atoms. The number of hydrogen-bond donors (Lipinski definition) is 4. The monoisotopic (exact) mass is 382 g/mol. The van der Waals surface area contributed by atoms with Gasteiger partial charge in [-0.3, -0.25) is 4.79 Å². The Kier molecular flexibility index (Phi) is 23.6. The van der Waals surface area contributed by atoms with Gasteiger partial charge in [-0.2, -0.15) is 0 Å². The lowest BCUT2D eigenvalue weighted by atomic mass is 9.80. The number of nitrogens with two attached hydrogens (primary N) is 1. The number of amides is 1. The number of carbonyl (C=O) groups excluding carboxylic acids is 1. The van der Waals surface area contributed by atoms with Gasteiger partial charge >= 0.3 is 7.12 Å². The smallest absolute Gasteiger partial charge is 0.423 e. The molecule has 0 aliphatic carbocycles. The van der Waals surface area contributed by atoms with Crippen LogP contribution in [-0.2, 0) is 0 Å². The molecular formula is C21H43BN2O3. The highest BCUT2D eigenvalue weighted by molar-refractivity contribution is 6.58. The Bertz CT molecular complexity index is 436. The van der Waals surface area contributed by atoms with Crippen LogP contribution < -0.4 is 16.5 Å². The average Bonchev–Trinajstić information content (AvgIpc) is 2.74. The van der Waals surface area contributed by atoms with E-state index in [-0.39, 0.29) is 5.91 Å². The Morgan fingerprint density at radius 3 is 1.74 bits per heavy atom. The molecule has 158 valence electrons. The van der Waals surface area contributed by atoms with Crippen molar-refractivity contribution in [3.8, 4) is 0 Å². The van der Waals surface area contributed by atoms with Gasteiger partial charge < -0.3 is 21.1 Å². The summed E-state index contributed by atoms with van der Waals surface area (Å²) in [6.45, 7) is 17.9. The number of benzene rings is 1. The summed E-state index contributed by atoms with van der Waals surface area (Å²) < 4.78 is 0. The van der Waals surface area contributed by atoms with Crippen molar-refractivity contribution >= 4 is 18.5 Å². The Morgan fingerprint density at radius 1 is 1.00 bits per heavy atom. The van der Waals surface area contributed by atoms with Gasteiger partial charge in [0.25, 0.3) is 5.91 Å². The first-order chi connectivity index (χ1) is 12.8. The van der Waals surface area contributed by atoms with Crippen molar-refractivity contribution in [2.45, 2.75) is 68.2 Å². The number of hydrogen-bond acceptors (Lipinski definition) is 4. The summed E-state index contributed by atoms with van der Waals surface area (Å²) in [6, 6.07) is 6.23. The second-order valence-electron chi connectivity index (χ2n) is 5.97. The molecule has 0 aliphatic rings. The fourth-order valence-corrected chi connectivity index (χ4v) is 1.49. The third-order valence-electron chi connectivity index (χ3n) is 3.88. The quantitative estimate of drug-likeness (QED) is 0.545. The molecule has 6 heteroatoms. The fraction of sp³-hybridized carbons (Fsp3) is 0.667. The van der Waals surface area contributed by atoms with E-state index in [1.807, 2.05) is 27.7 Å². The lowest BCUT2D eigenvalue weighted by molar-refractivity contribution is 0.0948. The van der Waals surface area contributed by atoms with Gasteiger partial charge in [-0.05, 0) is 36.0 Å². The Morgan fingerprint density at radius 2 is 1.44 bits per heavy atom. The van der Waals surface area contributed by atoms with Crippen molar-refractivity contribution in [1.82, 2.24) is 5.32 Å². The zero-order valence-electron chi connectivity index (χ0n) is 18.7. The predicted molar refractivity (Wildman–Crippen MR) is 119 cm³/mol. The lowest BCUT2D eigenvalue weighted by Crippen LogP contribution is -2.31. The maximum atomic E-state index is 11.7. The summed E-state index contributed by atoms with van der Waals surface area (Å²) in [5.74, 6) is 1.03. The zero-order valence-corrected chi connectivity index (χ0v) is 18.7. The minimum absolute atomic E-state index is 0.135. The molecule has 5 N–H and O–H groups in total. The van der Waals surface area contributed by atoms with Gasteiger partial charge in [0, 0.05) is 12.1 Å². The summed E-state index contributed by atoms with van der Waals surface area (Å²) >= 11 is 0. The predicted octanol–water partition coefficient (Wildman–Crippen LogP) is 3.19. The van der Waals surface area contributed by atoms with Gasteiger partial charge in [0.1, 0.15) is 0 Å². The highest BCUT2D eigenvalue weighted by Gasteiger charge is 2.12. The Balaban J connectivity index is -0.000000484. The van der Waals surface area contributed by atoms with E-state index < -0.39 is 7.12 Å². The van der Waals surface area contributed by atoms with E-state index in [1.165, 1.54) is 18.6 Å². The first-order valence-corrected chi connectivity index (χ1v) is 10.3. The Hall–Kier alpha value is -1.37. The molecular weight excluding hydrogens is 339 g/mol. The Labute approximate surface area is 167 Å². The summed E-state index contributed by atoms with van der Waals surface area (Å²) in [4.78, 5) is 11.7. The van der Waals surface area contributed by atoms with Crippen LogP contribution in [0.5, 0.6) is 0 Å². The van der Waals surface area contributed by atoms with E-state index in [4.69, 9.17) is 15.8 Å². The van der Waals surface area contributed by atoms with Gasteiger partial charge in [-0.1, -0.05) is 80.4 Å². The maximum Gasteiger partial charge on any atom is 0.488 e. The number of nitrogens with one attached hydrogen (secondary N) is 1. The number of carbonyl (C=O) groups is 1. The van der Waals surface area contributed by atoms with Crippen LogP contribution in [0.2, 0.25) is 0 Å². The first-order valence-electron chi connectivity index (χ1n) is 10.3. The van der Waals surface area contributed by atoms with Crippen LogP contribution in [0.25, 0.3) is 0 Å². The van der Waals surface area contributed by atoms with Crippen molar-refractivity contribution in [2.75, 3.05) is 13.1 Å². The number of rotatable bonds is 7. The normalized spacial score (nSPS) is 11.2. The van der Waals surface area contributed by atoms with Crippen LogP contribution in [0.3, 0.4) is 0 Å². The zero-order chi connectivity index (χ0) is 21.8. The minimum Gasteiger partial charge on any atom is -0.423 e. The van der Waals surface area contributed by atoms with Crippen LogP contribution in [-0.4, -0.2) is 36.2 Å². The molecule has 0 fully saturated rings. The maximum absolute atomic E-state index is 11.7. The summed E-state index contributed by atoms with van der Waals surface area (Å²) in [7, 11) is -1.49. The van der Waals surface area contributed by atoms with Crippen molar-refractivity contribution < 1.29 is 14.8 Å². The van der Waals surface area contributed by atoms with E-state index in [0.29, 0.717) is 29.4 Å². The molecule has 0 aliphatic heterocycles. The second-order valence-corrected chi connectivity index (χ2v) is 5.97. The van der Waals surface area contributed by atoms with Gasteiger partial charge in [0.2, 0.25) is 0 Å². The SMILES string of the molecule is CC.CC.CCC(C)CN.CCC(C)CNC(=O)c1ccc(B(O)O)cc1. The largest absolute Gasteiger partial charge is 0.488 e. The van der Waals surface area contributed by atoms with Crippen LogP contribution in [0.4, 0.5) is 0 Å². The van der Waals surface area contributed by atoms with E-state index >= 15 is 0 Å². The average molecular weight is 382 g/mol. The molecule has 1 aromatic rings. The van der Waals surface area contributed by atoms with E-state index in [0.717, 1.165) is 13.0 Å². The topological polar surface area (TPSA) is 95.6 Å². The molecule has 1 aromatic carbocycles. The van der Waals surface area contributed by atoms with Gasteiger partial charge in [-0.15, -0.1) is 0 Å². The third-order valence-corrected chi connectivity index (χ3v) is 3.88. The molecule has 0 heterocycles. The van der Waals surface area contributed by atoms with Gasteiger partial charge in [0.05, 0.1) is 0 Å². The molecule has 2 atom stereocenters. The van der Waals surface area contributed by atoms with Crippen LogP contribution >= 0.6 is 0 Å². The van der Waals surface area contributed by atoms with Crippen LogP contribution in [0, 0.1) is 11.8 Å². The van der Waals surface area contributed by atoms with Crippen LogP contribution in [0.15, 0.2) is 24.3 Å². The molecule has 0 spiro atoms. The summed E-state index contributed by atoms with van der Waals surface area (Å²) in [5, 5.41) is 20.7. The fourth-order valence-electron chi connectivity index (χ4n) is 1.49. The molecule has 5 nitrogen and oxygen atoms in total. The molecule has 27 heavy (non-hydrogen) atoms. The second kappa shape index (κ2) is 20.9. The first kappa shape index (κ1) is 30.4. The molecule has 0 aromatic heterocycles. The van der Waals surface area contributed by atoms with E-state index in [2.05, 4.69) is 33.0 Å². The van der Waals surface area contributed by atoms with Gasteiger partial charge in [0.15, 0.2) is 0 Å². The minimum atomic E-state index is -1.49. The molecule has 0 radical (unpaired) electrons. The third kappa shape index (κ3) is 16.5. The molecule has 1 amide bonds. The summed E-state index contributed by atoms with van der Waals surface area (Å²) in [5.41, 5.74) is 6.19. The summed E-state index contributed by atoms with van der Waals surface area (Å²) in [6.07, 6.45) is 2.23. The highest BCUT2D eigenvalue weighted by atomic mass is 16.4.